The topological polar surface area (TPSA) is 75.7 Å². The number of sulfonamides is 1. The first-order valence-electron chi connectivity index (χ1n) is 11.6. The van der Waals surface area contributed by atoms with Crippen LogP contribution < -0.4 is 10.1 Å². The lowest BCUT2D eigenvalue weighted by molar-refractivity contribution is -0.122. The number of nitrogens with zero attached hydrogens (tertiary/aromatic N) is 1. The quantitative estimate of drug-likeness (QED) is 0.454. The van der Waals surface area contributed by atoms with Crippen LogP contribution in [0.1, 0.15) is 46.3 Å². The summed E-state index contributed by atoms with van der Waals surface area (Å²) < 4.78 is 34.4. The maximum atomic E-state index is 13.9. The molecule has 0 aliphatic rings. The van der Waals surface area contributed by atoms with E-state index in [1.165, 1.54) is 4.31 Å². The van der Waals surface area contributed by atoms with Gasteiger partial charge in [0.15, 0.2) is 0 Å². The third kappa shape index (κ3) is 6.29. The van der Waals surface area contributed by atoms with E-state index in [0.717, 1.165) is 22.3 Å². The zero-order valence-corrected chi connectivity index (χ0v) is 22.1. The second-order valence-corrected chi connectivity index (χ2v) is 10.9. The first-order chi connectivity index (χ1) is 16.5. The lowest BCUT2D eigenvalue weighted by atomic mass is 10.1. The van der Waals surface area contributed by atoms with Crippen LogP contribution >= 0.6 is 0 Å². The molecule has 3 aromatic carbocycles. The van der Waals surface area contributed by atoms with Gasteiger partial charge in [0.25, 0.3) is 0 Å². The molecule has 0 bridgehead atoms. The molecule has 1 atom stereocenters. The summed E-state index contributed by atoms with van der Waals surface area (Å²) in [4.78, 5) is 13.4. The van der Waals surface area contributed by atoms with E-state index in [9.17, 15) is 13.2 Å². The lowest BCUT2D eigenvalue weighted by Crippen LogP contribution is -2.41. The van der Waals surface area contributed by atoms with Gasteiger partial charge in [-0.3, -0.25) is 4.79 Å². The number of hydrogen-bond acceptors (Lipinski definition) is 4. The van der Waals surface area contributed by atoms with Crippen LogP contribution in [0.3, 0.4) is 0 Å². The highest BCUT2D eigenvalue weighted by atomic mass is 32.2. The molecule has 3 aromatic rings. The van der Waals surface area contributed by atoms with E-state index < -0.39 is 10.0 Å². The molecule has 0 fully saturated rings. The Balaban J connectivity index is 1.93. The maximum Gasteiger partial charge on any atom is 0.244 e. The molecular formula is C28H34N2O4S. The number of carbonyl (C=O) groups excluding carboxylic acids is 1. The van der Waals surface area contributed by atoms with Gasteiger partial charge in [-0.25, -0.2) is 8.42 Å². The predicted octanol–water partition coefficient (Wildman–Crippen LogP) is 5.00. The van der Waals surface area contributed by atoms with Gasteiger partial charge < -0.3 is 10.1 Å². The zero-order chi connectivity index (χ0) is 25.8. The molecule has 35 heavy (non-hydrogen) atoms. The molecule has 0 saturated carbocycles. The van der Waals surface area contributed by atoms with Gasteiger partial charge in [-0.2, -0.15) is 4.31 Å². The molecular weight excluding hydrogens is 460 g/mol. The molecule has 0 spiro atoms. The molecule has 1 N–H and O–H groups in total. The van der Waals surface area contributed by atoms with Crippen LogP contribution in [-0.2, 0) is 21.4 Å². The molecule has 0 heterocycles. The Kier molecular flexibility index (Phi) is 8.35. The predicted molar refractivity (Wildman–Crippen MR) is 139 cm³/mol. The van der Waals surface area contributed by atoms with Crippen molar-refractivity contribution in [2.75, 3.05) is 13.7 Å². The third-order valence-electron chi connectivity index (χ3n) is 5.98. The van der Waals surface area contributed by atoms with E-state index in [4.69, 9.17) is 4.74 Å². The van der Waals surface area contributed by atoms with Crippen LogP contribution in [0.4, 0.5) is 0 Å². The van der Waals surface area contributed by atoms with Gasteiger partial charge in [0.2, 0.25) is 15.9 Å². The first-order valence-corrected chi connectivity index (χ1v) is 13.0. The number of para-hydroxylation sites is 1. The molecule has 3 rings (SSSR count). The summed E-state index contributed by atoms with van der Waals surface area (Å²) in [5.41, 5.74) is 5.04. The van der Waals surface area contributed by atoms with Gasteiger partial charge in [0, 0.05) is 12.1 Å². The molecule has 0 aliphatic heterocycles. The minimum Gasteiger partial charge on any atom is -0.496 e. The highest BCUT2D eigenvalue weighted by Crippen LogP contribution is 2.27. The Bertz CT molecular complexity index is 1280. The molecule has 6 nitrogen and oxygen atoms in total. The summed E-state index contributed by atoms with van der Waals surface area (Å²) in [6.07, 6.45) is 0. The van der Waals surface area contributed by atoms with E-state index in [2.05, 4.69) is 5.32 Å². The van der Waals surface area contributed by atoms with Crippen molar-refractivity contribution in [3.05, 3.63) is 94.0 Å². The largest absolute Gasteiger partial charge is 0.496 e. The Morgan fingerprint density at radius 2 is 1.54 bits per heavy atom. The van der Waals surface area contributed by atoms with Crippen molar-refractivity contribution in [1.29, 1.82) is 0 Å². The lowest BCUT2D eigenvalue weighted by Gasteiger charge is -2.25. The molecule has 0 saturated heterocycles. The van der Waals surface area contributed by atoms with Crippen molar-refractivity contribution in [2.45, 2.75) is 52.1 Å². The van der Waals surface area contributed by atoms with Gasteiger partial charge in [-0.05, 0) is 57.4 Å². The van der Waals surface area contributed by atoms with Gasteiger partial charge in [-0.1, -0.05) is 65.7 Å². The van der Waals surface area contributed by atoms with Crippen molar-refractivity contribution in [2.24, 2.45) is 0 Å². The number of aryl methyl sites for hydroxylation is 4. The number of benzene rings is 3. The summed E-state index contributed by atoms with van der Waals surface area (Å²) in [7, 11) is -2.37. The Hall–Kier alpha value is -3.16. The van der Waals surface area contributed by atoms with Crippen LogP contribution in [0.2, 0.25) is 0 Å². The second-order valence-electron chi connectivity index (χ2n) is 9.02. The Morgan fingerprint density at radius 3 is 2.14 bits per heavy atom. The number of rotatable bonds is 9. The molecule has 0 aromatic heterocycles. The van der Waals surface area contributed by atoms with Crippen molar-refractivity contribution in [3.8, 4) is 5.75 Å². The number of amides is 1. The fourth-order valence-corrected chi connectivity index (χ4v) is 6.17. The van der Waals surface area contributed by atoms with Crippen LogP contribution in [0.5, 0.6) is 5.75 Å². The third-order valence-corrected chi connectivity index (χ3v) is 8.08. The SMILES string of the molecule is COc1ccccc1[C@@H](C)NC(=O)CN(Cc1ccc(C)cc1)S(=O)(=O)c1c(C)cc(C)cc1C. The molecule has 0 aliphatic carbocycles. The molecule has 7 heteroatoms. The van der Waals surface area contributed by atoms with E-state index in [1.54, 1.807) is 21.0 Å². The summed E-state index contributed by atoms with van der Waals surface area (Å²) in [6.45, 7) is 9.13. The van der Waals surface area contributed by atoms with E-state index in [0.29, 0.717) is 16.9 Å². The van der Waals surface area contributed by atoms with Crippen molar-refractivity contribution >= 4 is 15.9 Å². The average molecular weight is 495 g/mol. The van der Waals surface area contributed by atoms with Gasteiger partial charge in [0.1, 0.15) is 5.75 Å². The summed E-state index contributed by atoms with van der Waals surface area (Å²) in [5, 5.41) is 2.93. The fraction of sp³-hybridized carbons (Fsp3) is 0.321. The van der Waals surface area contributed by atoms with E-state index in [1.807, 2.05) is 81.4 Å². The number of ether oxygens (including phenoxy) is 1. The highest BCUT2D eigenvalue weighted by molar-refractivity contribution is 7.89. The smallest absolute Gasteiger partial charge is 0.244 e. The van der Waals surface area contributed by atoms with Crippen LogP contribution in [0, 0.1) is 27.7 Å². The van der Waals surface area contributed by atoms with Crippen LogP contribution in [-0.4, -0.2) is 32.3 Å². The van der Waals surface area contributed by atoms with Crippen molar-refractivity contribution in [3.63, 3.8) is 0 Å². The number of hydrogen-bond donors (Lipinski definition) is 1. The van der Waals surface area contributed by atoms with Gasteiger partial charge >= 0.3 is 0 Å². The Labute approximate surface area is 209 Å². The van der Waals surface area contributed by atoms with E-state index >= 15 is 0 Å². The monoisotopic (exact) mass is 494 g/mol. The van der Waals surface area contributed by atoms with Crippen LogP contribution in [0.15, 0.2) is 65.6 Å². The Morgan fingerprint density at radius 1 is 0.943 bits per heavy atom. The number of methoxy groups -OCH3 is 1. The van der Waals surface area contributed by atoms with E-state index in [-0.39, 0.29) is 29.9 Å². The first kappa shape index (κ1) is 26.4. The normalized spacial score (nSPS) is 12.4. The van der Waals surface area contributed by atoms with Gasteiger partial charge in [-0.15, -0.1) is 0 Å². The fourth-order valence-electron chi connectivity index (χ4n) is 4.37. The number of carbonyl (C=O) groups is 1. The summed E-state index contributed by atoms with van der Waals surface area (Å²) in [5.74, 6) is 0.275. The molecule has 186 valence electrons. The van der Waals surface area contributed by atoms with Crippen molar-refractivity contribution < 1.29 is 17.9 Å². The minimum absolute atomic E-state index is 0.0891. The second kappa shape index (κ2) is 11.1. The highest BCUT2D eigenvalue weighted by Gasteiger charge is 2.30. The summed E-state index contributed by atoms with van der Waals surface area (Å²) >= 11 is 0. The minimum atomic E-state index is -3.95. The zero-order valence-electron chi connectivity index (χ0n) is 21.3. The van der Waals surface area contributed by atoms with Gasteiger partial charge in [0.05, 0.1) is 24.6 Å². The van der Waals surface area contributed by atoms with Crippen LogP contribution in [0.25, 0.3) is 0 Å². The standard InChI is InChI=1S/C28H34N2O4S/c1-19-11-13-24(14-12-19)17-30(35(32,33)28-21(3)15-20(2)16-22(28)4)18-27(31)29-23(5)25-9-7-8-10-26(25)34-6/h7-16,23H,17-18H2,1-6H3,(H,29,31)/t23-/m1/s1. The average Bonchev–Trinajstić information content (AvgIpc) is 2.79. The molecule has 0 radical (unpaired) electrons. The number of nitrogens with one attached hydrogen (secondary N) is 1. The molecule has 1 amide bonds. The summed E-state index contributed by atoms with van der Waals surface area (Å²) in [6, 6.07) is 18.4. The maximum absolute atomic E-state index is 13.9. The van der Waals surface area contributed by atoms with Crippen molar-refractivity contribution in [1.82, 2.24) is 9.62 Å². The molecule has 0 unspecified atom stereocenters.